The van der Waals surface area contributed by atoms with Gasteiger partial charge in [0.25, 0.3) is 0 Å². The third kappa shape index (κ3) is 8.55. The number of rotatable bonds is 13. The molecule has 0 bridgehead atoms. The maximum atomic E-state index is 14.0. The number of pyridine rings is 1. The molecule has 2 aromatic carbocycles. The summed E-state index contributed by atoms with van der Waals surface area (Å²) in [5.41, 5.74) is 2.48. The number of unbranched alkanes of at least 4 members (excludes halogenated alkanes) is 2. The molecule has 3 aromatic rings. The molecule has 40 heavy (non-hydrogen) atoms. The number of hydrogen-bond donors (Lipinski definition) is 0. The number of aryl methyl sites for hydroxylation is 1. The first-order valence-electron chi connectivity index (χ1n) is 13.4. The van der Waals surface area contributed by atoms with Gasteiger partial charge in [-0.2, -0.15) is 0 Å². The van der Waals surface area contributed by atoms with Crippen molar-refractivity contribution in [2.75, 3.05) is 0 Å². The predicted octanol–water partition coefficient (Wildman–Crippen LogP) is 10.7. The number of hydrogen-bond acceptors (Lipinski definition) is 2. The van der Waals surface area contributed by atoms with E-state index in [9.17, 15) is 18.0 Å². The second-order valence-electron chi connectivity index (χ2n) is 9.53. The molecule has 2 nitrogen and oxygen atoms in total. The van der Waals surface area contributed by atoms with Crippen LogP contribution in [0.25, 0.3) is 22.3 Å². The van der Waals surface area contributed by atoms with Gasteiger partial charge in [0.1, 0.15) is 0 Å². The van der Waals surface area contributed by atoms with Gasteiger partial charge in [0.05, 0.1) is 0 Å². The molecule has 1 heterocycles. The molecule has 0 amide bonds. The number of alkyl halides is 5. The minimum atomic E-state index is -4.69. The third-order valence-corrected chi connectivity index (χ3v) is 8.20. The van der Waals surface area contributed by atoms with Gasteiger partial charge in [-0.3, -0.25) is 9.36 Å². The van der Waals surface area contributed by atoms with Gasteiger partial charge in [-0.05, 0) is 72.6 Å². The SMILES string of the molecule is C=CC(Cl)(Cl)Sc1ccc(-c2cn(C(F)(F)F)cc(-c3cccc(CCC/C=C/CCC)c3CCC)c2=O)cc1. The van der Waals surface area contributed by atoms with E-state index in [1.807, 2.05) is 19.1 Å². The van der Waals surface area contributed by atoms with Crippen molar-refractivity contribution in [1.29, 1.82) is 0 Å². The minimum absolute atomic E-state index is 0.0352. The smallest absolute Gasteiger partial charge is 0.288 e. The van der Waals surface area contributed by atoms with E-state index < -0.39 is 15.4 Å². The summed E-state index contributed by atoms with van der Waals surface area (Å²) in [4.78, 5) is 14.5. The molecule has 0 aliphatic rings. The van der Waals surface area contributed by atoms with Crippen LogP contribution in [0.15, 0.2) is 89.4 Å². The van der Waals surface area contributed by atoms with Gasteiger partial charge >= 0.3 is 6.30 Å². The molecule has 3 rings (SSSR count). The van der Waals surface area contributed by atoms with Crippen molar-refractivity contribution in [2.24, 2.45) is 0 Å². The first-order valence-corrected chi connectivity index (χ1v) is 15.0. The lowest BCUT2D eigenvalue weighted by atomic mass is 9.90. The van der Waals surface area contributed by atoms with Crippen molar-refractivity contribution in [3.63, 3.8) is 0 Å². The predicted molar refractivity (Wildman–Crippen MR) is 164 cm³/mol. The molecule has 1 aromatic heterocycles. The van der Waals surface area contributed by atoms with Crippen LogP contribution in [-0.4, -0.2) is 8.23 Å². The number of halogens is 5. The maximum absolute atomic E-state index is 14.0. The van der Waals surface area contributed by atoms with Crippen molar-refractivity contribution in [1.82, 2.24) is 4.57 Å². The van der Waals surface area contributed by atoms with Crippen molar-refractivity contribution < 1.29 is 13.2 Å². The number of thioether (sulfide) groups is 1. The number of aromatic nitrogens is 1. The second kappa shape index (κ2) is 14.5. The number of benzene rings is 2. The van der Waals surface area contributed by atoms with Crippen LogP contribution in [0.2, 0.25) is 0 Å². The van der Waals surface area contributed by atoms with Gasteiger partial charge in [0, 0.05) is 28.4 Å². The van der Waals surface area contributed by atoms with Gasteiger partial charge in [-0.15, -0.1) is 13.2 Å². The number of nitrogens with zero attached hydrogens (tertiary/aromatic N) is 1. The van der Waals surface area contributed by atoms with E-state index in [1.165, 1.54) is 6.08 Å². The molecule has 0 spiro atoms. The van der Waals surface area contributed by atoms with Gasteiger partial charge in [-0.1, -0.05) is 111 Å². The molecule has 0 saturated carbocycles. The summed E-state index contributed by atoms with van der Waals surface area (Å²) in [6.45, 7) is 7.76. The summed E-state index contributed by atoms with van der Waals surface area (Å²) >= 11 is 13.4. The van der Waals surface area contributed by atoms with Gasteiger partial charge in [0.15, 0.2) is 9.09 Å². The zero-order chi connectivity index (χ0) is 29.3. The fourth-order valence-corrected chi connectivity index (χ4v) is 5.71. The van der Waals surface area contributed by atoms with Gasteiger partial charge in [-0.25, -0.2) is 0 Å². The van der Waals surface area contributed by atoms with E-state index in [1.54, 1.807) is 30.3 Å². The van der Waals surface area contributed by atoms with E-state index in [0.29, 0.717) is 22.4 Å². The topological polar surface area (TPSA) is 22.0 Å². The molecule has 0 atom stereocenters. The number of allylic oxidation sites excluding steroid dienone is 2. The summed E-state index contributed by atoms with van der Waals surface area (Å²) in [5.74, 6) is 0. The summed E-state index contributed by atoms with van der Waals surface area (Å²) in [6, 6.07) is 12.2. The van der Waals surface area contributed by atoms with E-state index in [4.69, 9.17) is 23.2 Å². The molecule has 0 aliphatic carbocycles. The zero-order valence-electron chi connectivity index (χ0n) is 22.7. The van der Waals surface area contributed by atoms with E-state index in [-0.39, 0.29) is 15.7 Å². The second-order valence-corrected chi connectivity index (χ2v) is 12.7. The average molecular weight is 609 g/mol. The molecule has 0 N–H and O–H groups in total. The zero-order valence-corrected chi connectivity index (χ0v) is 25.1. The molecule has 0 aliphatic heterocycles. The van der Waals surface area contributed by atoms with Crippen molar-refractivity contribution in [3.05, 3.63) is 101 Å². The highest BCUT2D eigenvalue weighted by atomic mass is 35.5. The molecule has 0 fully saturated rings. The molecule has 0 radical (unpaired) electrons. The highest BCUT2D eigenvalue weighted by Gasteiger charge is 2.31. The van der Waals surface area contributed by atoms with Gasteiger partial charge < -0.3 is 0 Å². The Kier molecular flexibility index (Phi) is 11.6. The standard InChI is InChI=1S/C32H34Cl2F3NOS/c1-4-7-8-9-10-11-14-23-15-12-16-27(26(23)13-5-2)29-22-38(32(35,36)37)21-28(30(29)39)24-17-19-25(20-18-24)40-31(33,34)6-3/h6,8-9,12,15-22H,3-5,7,10-11,13-14H2,1-2H3/b9-8+. The highest BCUT2D eigenvalue weighted by Crippen LogP contribution is 2.41. The van der Waals surface area contributed by atoms with Crippen molar-refractivity contribution in [3.8, 4) is 22.3 Å². The van der Waals surface area contributed by atoms with E-state index >= 15 is 0 Å². The Hall–Kier alpha value is -2.41. The molecule has 0 unspecified atom stereocenters. The Labute approximate surface area is 248 Å². The fraction of sp³-hybridized carbons (Fsp3) is 0.344. The quantitative estimate of drug-likeness (QED) is 0.0834. The van der Waals surface area contributed by atoms with Crippen LogP contribution in [0.1, 0.15) is 57.1 Å². The summed E-state index contributed by atoms with van der Waals surface area (Å²) in [5, 5.41) is 0. The first kappa shape index (κ1) is 32.1. The summed E-state index contributed by atoms with van der Waals surface area (Å²) in [7, 11) is 0. The Morgan fingerprint density at radius 1 is 0.900 bits per heavy atom. The summed E-state index contributed by atoms with van der Waals surface area (Å²) in [6.07, 6.45) is 9.10. The summed E-state index contributed by atoms with van der Waals surface area (Å²) < 4.78 is 41.0. The Morgan fingerprint density at radius 3 is 2.20 bits per heavy atom. The van der Waals surface area contributed by atoms with Crippen molar-refractivity contribution >= 4 is 35.0 Å². The minimum Gasteiger partial charge on any atom is -0.288 e. The van der Waals surface area contributed by atoms with Crippen LogP contribution in [0.4, 0.5) is 13.2 Å². The molecular formula is C32H34Cl2F3NOS. The highest BCUT2D eigenvalue weighted by molar-refractivity contribution is 8.03. The molecule has 0 saturated heterocycles. The lowest BCUT2D eigenvalue weighted by Gasteiger charge is -2.19. The largest absolute Gasteiger partial charge is 0.488 e. The normalized spacial score (nSPS) is 12.3. The lowest BCUT2D eigenvalue weighted by Crippen LogP contribution is -2.22. The van der Waals surface area contributed by atoms with E-state index in [2.05, 4.69) is 25.7 Å². The van der Waals surface area contributed by atoms with Gasteiger partial charge in [0.2, 0.25) is 0 Å². The van der Waals surface area contributed by atoms with Crippen LogP contribution in [-0.2, 0) is 19.1 Å². The monoisotopic (exact) mass is 607 g/mol. The molecular weight excluding hydrogens is 574 g/mol. The first-order chi connectivity index (χ1) is 19.0. The Bertz CT molecular complexity index is 1380. The maximum Gasteiger partial charge on any atom is 0.488 e. The Balaban J connectivity index is 2.09. The van der Waals surface area contributed by atoms with E-state index in [0.717, 1.165) is 73.8 Å². The van der Waals surface area contributed by atoms with Crippen LogP contribution >= 0.6 is 35.0 Å². The van der Waals surface area contributed by atoms with Crippen LogP contribution in [0.3, 0.4) is 0 Å². The average Bonchev–Trinajstić information content (AvgIpc) is 2.91. The molecule has 214 valence electrons. The van der Waals surface area contributed by atoms with Crippen LogP contribution < -0.4 is 5.43 Å². The lowest BCUT2D eigenvalue weighted by molar-refractivity contribution is -0.204. The Morgan fingerprint density at radius 2 is 1.57 bits per heavy atom. The third-order valence-electron chi connectivity index (χ3n) is 6.48. The van der Waals surface area contributed by atoms with Crippen molar-refractivity contribution in [2.45, 2.75) is 73.7 Å². The fourth-order valence-electron chi connectivity index (χ4n) is 4.50. The molecule has 8 heteroatoms. The van der Waals surface area contributed by atoms with Crippen LogP contribution in [0.5, 0.6) is 0 Å². The van der Waals surface area contributed by atoms with Crippen LogP contribution in [0, 0.1) is 0 Å².